The van der Waals surface area contributed by atoms with E-state index in [4.69, 9.17) is 15.2 Å². The van der Waals surface area contributed by atoms with Crippen LogP contribution < -0.4 is 5.73 Å². The van der Waals surface area contributed by atoms with Gasteiger partial charge in [-0.25, -0.2) is 4.79 Å². The van der Waals surface area contributed by atoms with Crippen molar-refractivity contribution < 1.29 is 29.0 Å². The van der Waals surface area contributed by atoms with Gasteiger partial charge < -0.3 is 25.2 Å². The first-order valence-electron chi connectivity index (χ1n) is 7.97. The molecule has 0 aromatic carbocycles. The van der Waals surface area contributed by atoms with Crippen LogP contribution in [0.1, 0.15) is 6.92 Å². The van der Waals surface area contributed by atoms with E-state index in [0.29, 0.717) is 6.54 Å². The second-order valence-corrected chi connectivity index (χ2v) is 6.83. The molecule has 3 heterocycles. The van der Waals surface area contributed by atoms with Crippen LogP contribution >= 0.6 is 0 Å². The zero-order chi connectivity index (χ0) is 18.3. The maximum absolute atomic E-state index is 12.9. The third kappa shape index (κ3) is 1.77. The Bertz CT molecular complexity index is 787. The third-order valence-electron chi connectivity index (χ3n) is 5.80. The van der Waals surface area contributed by atoms with Gasteiger partial charge in [0.1, 0.15) is 6.61 Å². The van der Waals surface area contributed by atoms with Crippen molar-refractivity contribution in [3.63, 3.8) is 0 Å². The average Bonchev–Trinajstić information content (AvgIpc) is 2.96. The van der Waals surface area contributed by atoms with E-state index in [1.807, 2.05) is 11.9 Å². The van der Waals surface area contributed by atoms with Crippen molar-refractivity contribution in [3.05, 3.63) is 22.6 Å². The second-order valence-electron chi connectivity index (χ2n) is 6.83. The highest BCUT2D eigenvalue weighted by atomic mass is 16.5. The fourth-order valence-electron chi connectivity index (χ4n) is 4.60. The number of Topliss-reactive ketones (excluding diaryl/α,β-unsaturated/α-hetero) is 2. The summed E-state index contributed by atoms with van der Waals surface area (Å²) in [6.45, 7) is 1.67. The molecule has 9 heteroatoms. The van der Waals surface area contributed by atoms with Gasteiger partial charge in [-0.1, -0.05) is 0 Å². The molecule has 0 bridgehead atoms. The van der Waals surface area contributed by atoms with E-state index in [-0.39, 0.29) is 47.1 Å². The van der Waals surface area contributed by atoms with Crippen molar-refractivity contribution >= 4 is 17.7 Å². The van der Waals surface area contributed by atoms with E-state index in [0.717, 1.165) is 0 Å². The number of fused-ring (bicyclic) bond motifs is 4. The number of ketones is 2. The van der Waals surface area contributed by atoms with Crippen LogP contribution in [-0.2, 0) is 19.1 Å². The summed E-state index contributed by atoms with van der Waals surface area (Å²) < 4.78 is 10.0. The molecule has 4 rings (SSSR count). The van der Waals surface area contributed by atoms with E-state index in [1.54, 1.807) is 4.90 Å². The van der Waals surface area contributed by atoms with Crippen molar-refractivity contribution in [2.75, 3.05) is 27.3 Å². The number of likely N-dealkylation sites (N-methyl/N-ethyl adjacent to an activating group) is 1. The van der Waals surface area contributed by atoms with Gasteiger partial charge in [-0.15, -0.1) is 0 Å². The van der Waals surface area contributed by atoms with Crippen LogP contribution in [0.3, 0.4) is 0 Å². The van der Waals surface area contributed by atoms with E-state index in [9.17, 15) is 19.5 Å². The lowest BCUT2D eigenvalue weighted by molar-refractivity contribution is -0.126. The maximum Gasteiger partial charge on any atom is 0.404 e. The number of primary amides is 1. The number of carbonyl (C=O) groups is 3. The highest BCUT2D eigenvalue weighted by molar-refractivity contribution is 6.25. The lowest BCUT2D eigenvalue weighted by Gasteiger charge is -2.37. The van der Waals surface area contributed by atoms with Gasteiger partial charge in [0, 0.05) is 23.7 Å². The molecule has 3 aliphatic heterocycles. The Morgan fingerprint density at radius 1 is 1.40 bits per heavy atom. The van der Waals surface area contributed by atoms with Crippen LogP contribution in [0.25, 0.3) is 0 Å². The average molecular weight is 349 g/mol. The van der Waals surface area contributed by atoms with Gasteiger partial charge >= 0.3 is 6.09 Å². The summed E-state index contributed by atoms with van der Waals surface area (Å²) >= 11 is 0. The molecule has 1 unspecified atom stereocenters. The normalized spacial score (nSPS) is 38.6. The molecule has 1 amide bonds. The lowest BCUT2D eigenvalue weighted by atomic mass is 9.83. The first kappa shape index (κ1) is 16.1. The smallest absolute Gasteiger partial charge is 0.404 e. The molecule has 3 N–H and O–H groups in total. The highest BCUT2D eigenvalue weighted by Crippen LogP contribution is 2.57. The molecular weight excluding hydrogens is 330 g/mol. The van der Waals surface area contributed by atoms with Crippen molar-refractivity contribution in [1.82, 2.24) is 9.80 Å². The van der Waals surface area contributed by atoms with Crippen molar-refractivity contribution in [3.8, 4) is 0 Å². The Labute approximate surface area is 143 Å². The number of hydrogen-bond donors (Lipinski definition) is 2. The summed E-state index contributed by atoms with van der Waals surface area (Å²) in [6, 6.07) is -0.155. The minimum atomic E-state index is -1.49. The molecule has 5 atom stereocenters. The van der Waals surface area contributed by atoms with Gasteiger partial charge in [0.05, 0.1) is 24.8 Å². The van der Waals surface area contributed by atoms with E-state index in [1.165, 1.54) is 14.0 Å². The Balaban J connectivity index is 1.82. The van der Waals surface area contributed by atoms with E-state index < -0.39 is 23.5 Å². The van der Waals surface area contributed by atoms with E-state index >= 15 is 0 Å². The number of rotatable bonds is 3. The molecule has 0 radical (unpaired) electrons. The number of nitrogens with two attached hydrogens (primary N) is 1. The van der Waals surface area contributed by atoms with Gasteiger partial charge in [-0.3, -0.25) is 14.5 Å². The second kappa shape index (κ2) is 4.83. The molecule has 0 spiro atoms. The molecular formula is C16H19N3O6. The number of piperazine rings is 1. The summed E-state index contributed by atoms with van der Waals surface area (Å²) in [4.78, 5) is 40.4. The number of allylic oxidation sites excluding steroid dienone is 2. The van der Waals surface area contributed by atoms with Gasteiger partial charge in [0.25, 0.3) is 0 Å². The summed E-state index contributed by atoms with van der Waals surface area (Å²) in [5, 5.41) is 11.4. The predicted octanol–water partition coefficient (Wildman–Crippen LogP) is -1.28. The first-order chi connectivity index (χ1) is 11.7. The molecule has 9 nitrogen and oxygen atoms in total. The Morgan fingerprint density at radius 3 is 2.68 bits per heavy atom. The number of hydrogen-bond acceptors (Lipinski definition) is 8. The molecule has 2 saturated heterocycles. The maximum atomic E-state index is 12.9. The Hall–Kier alpha value is -2.39. The van der Waals surface area contributed by atoms with Gasteiger partial charge in [0.2, 0.25) is 11.6 Å². The summed E-state index contributed by atoms with van der Waals surface area (Å²) in [6.07, 6.45) is -1.00. The quantitative estimate of drug-likeness (QED) is 0.477. The fraction of sp³-hybridized carbons (Fsp3) is 0.562. The predicted molar refractivity (Wildman–Crippen MR) is 82.8 cm³/mol. The van der Waals surface area contributed by atoms with Crippen molar-refractivity contribution in [1.29, 1.82) is 0 Å². The monoisotopic (exact) mass is 349 g/mol. The van der Waals surface area contributed by atoms with Crippen LogP contribution in [0.4, 0.5) is 4.79 Å². The van der Waals surface area contributed by atoms with Crippen LogP contribution in [0.2, 0.25) is 0 Å². The lowest BCUT2D eigenvalue weighted by Crippen LogP contribution is -2.53. The highest BCUT2D eigenvalue weighted by Gasteiger charge is 2.74. The number of nitrogens with zero attached hydrogens (tertiary/aromatic N) is 2. The van der Waals surface area contributed by atoms with Crippen LogP contribution in [0, 0.1) is 5.92 Å². The number of methoxy groups -OCH3 is 1. The van der Waals surface area contributed by atoms with Gasteiger partial charge in [-0.05, 0) is 14.0 Å². The molecule has 4 aliphatic rings. The zero-order valence-corrected chi connectivity index (χ0v) is 14.1. The molecule has 2 fully saturated rings. The van der Waals surface area contributed by atoms with Crippen LogP contribution in [0.5, 0.6) is 0 Å². The number of ether oxygens (including phenoxy) is 2. The molecule has 1 aliphatic carbocycles. The Morgan fingerprint density at radius 2 is 2.08 bits per heavy atom. The first-order valence-corrected chi connectivity index (χ1v) is 7.97. The molecule has 0 aromatic heterocycles. The standard InChI is InChI=1S/C16H19N3O6/c1-6-11(20)10-9(12(21)13(6)24-3)7(5-25-15(17)22)16(23)14-8(18(14)2)4-19(10)16/h7-8,14,23H,4-5H2,1-3H3,(H2,17,22)/t7-,8+,14-,16-,18?/m0/s1. The fourth-order valence-corrected chi connectivity index (χ4v) is 4.60. The largest absolute Gasteiger partial charge is 0.492 e. The van der Waals surface area contributed by atoms with Crippen molar-refractivity contribution in [2.24, 2.45) is 11.7 Å². The molecule has 134 valence electrons. The summed E-state index contributed by atoms with van der Waals surface area (Å²) in [5.41, 5.74) is 4.09. The van der Waals surface area contributed by atoms with Crippen LogP contribution in [-0.4, -0.2) is 77.7 Å². The molecule has 25 heavy (non-hydrogen) atoms. The third-order valence-corrected chi connectivity index (χ3v) is 5.80. The minimum absolute atomic E-state index is 0.0432. The summed E-state index contributed by atoms with van der Waals surface area (Å²) in [5.74, 6) is -1.73. The number of carbonyl (C=O) groups excluding carboxylic acids is 3. The van der Waals surface area contributed by atoms with Crippen molar-refractivity contribution in [2.45, 2.75) is 24.7 Å². The number of aliphatic hydroxyl groups is 1. The topological polar surface area (TPSA) is 122 Å². The molecule has 0 aromatic rings. The molecule has 0 saturated carbocycles. The van der Waals surface area contributed by atoms with Gasteiger partial charge in [-0.2, -0.15) is 0 Å². The van der Waals surface area contributed by atoms with Gasteiger partial charge in [0.15, 0.2) is 11.5 Å². The Kier molecular flexibility index (Phi) is 3.11. The number of amides is 1. The summed E-state index contributed by atoms with van der Waals surface area (Å²) in [7, 11) is 3.18. The SMILES string of the molecule is COC1=C(C)C(=O)C2=C(C1=O)[C@H](COC(N)=O)[C@]1(O)[C@@H]3[C@@H](CN21)N3C. The zero-order valence-electron chi connectivity index (χ0n) is 14.1. The van der Waals surface area contributed by atoms with E-state index in [2.05, 4.69) is 0 Å². The van der Waals surface area contributed by atoms with Crippen LogP contribution in [0.15, 0.2) is 22.6 Å². The minimum Gasteiger partial charge on any atom is -0.492 e.